The van der Waals surface area contributed by atoms with Crippen LogP contribution in [0.3, 0.4) is 0 Å². The summed E-state index contributed by atoms with van der Waals surface area (Å²) >= 11 is 0. The lowest BCUT2D eigenvalue weighted by Gasteiger charge is -2.61. The Balaban J connectivity index is 0.000000189. The van der Waals surface area contributed by atoms with Gasteiger partial charge in [0.1, 0.15) is 12.3 Å². The molecule has 0 heterocycles. The number of carbonyl (C=O) groups is 2. The van der Waals surface area contributed by atoms with Crippen LogP contribution in [0.15, 0.2) is 0 Å². The highest BCUT2D eigenvalue weighted by Gasteiger charge is 2.73. The Bertz CT molecular complexity index is 1370. The maximum atomic E-state index is 15.8. The molecule has 0 aromatic heterocycles. The SMILES string of the molecule is CCCCCCCC1CCC(C2CCC3(CC2)C(=O)[C@]2(CC[C@@H](CCC)CC2)[C@H]3F)CC1.CCCCCCCC1CC[C@]2(CC1)C(=O)[C@@]1(CC[C@H](C3CCC(CC)CC3)CC1)[C@@H]2F. The van der Waals surface area contributed by atoms with Gasteiger partial charge in [-0.2, -0.15) is 0 Å². The molecule has 0 N–H and O–H groups in total. The summed E-state index contributed by atoms with van der Waals surface area (Å²) in [5.41, 5.74) is -2.26. The van der Waals surface area contributed by atoms with Crippen molar-refractivity contribution in [1.82, 2.24) is 0 Å². The summed E-state index contributed by atoms with van der Waals surface area (Å²) in [4.78, 5) is 26.9. The Hall–Kier alpha value is -0.800. The van der Waals surface area contributed by atoms with Crippen LogP contribution < -0.4 is 0 Å². The molecular weight excluding hydrogens is 779 g/mol. The van der Waals surface area contributed by atoms with Gasteiger partial charge in [0.2, 0.25) is 0 Å². The lowest BCUT2D eigenvalue weighted by Crippen LogP contribution is -2.69. The first-order chi connectivity index (χ1) is 30.6. The van der Waals surface area contributed by atoms with E-state index in [0.717, 1.165) is 150 Å². The monoisotopic (exact) mass is 879 g/mol. The molecule has 4 spiro atoms. The van der Waals surface area contributed by atoms with Crippen LogP contribution in [0, 0.1) is 69.0 Å². The van der Waals surface area contributed by atoms with E-state index in [1.807, 2.05) is 0 Å². The van der Waals surface area contributed by atoms with Gasteiger partial charge in [-0.1, -0.05) is 150 Å². The minimum Gasteiger partial charge on any atom is -0.298 e. The van der Waals surface area contributed by atoms with Gasteiger partial charge in [-0.25, -0.2) is 8.78 Å². The average Bonchev–Trinajstić information content (AvgIpc) is 3.34. The Labute approximate surface area is 388 Å². The molecule has 4 heteroatoms. The van der Waals surface area contributed by atoms with Crippen molar-refractivity contribution in [2.45, 2.75) is 290 Å². The Morgan fingerprint density at radius 3 is 0.984 bits per heavy atom. The van der Waals surface area contributed by atoms with Crippen LogP contribution in [0.4, 0.5) is 8.78 Å². The number of alkyl halides is 2. The Kier molecular flexibility index (Phi) is 18.3. The van der Waals surface area contributed by atoms with Gasteiger partial charge in [-0.05, 0) is 176 Å². The van der Waals surface area contributed by atoms with E-state index in [-0.39, 0.29) is 0 Å². The van der Waals surface area contributed by atoms with Crippen LogP contribution in [-0.2, 0) is 9.59 Å². The van der Waals surface area contributed by atoms with Crippen LogP contribution in [0.5, 0.6) is 0 Å². The Morgan fingerprint density at radius 1 is 0.349 bits per heavy atom. The van der Waals surface area contributed by atoms with Crippen LogP contribution in [-0.4, -0.2) is 23.9 Å². The fourth-order valence-corrected chi connectivity index (χ4v) is 17.0. The first kappa shape index (κ1) is 50.1. The highest BCUT2D eigenvalue weighted by atomic mass is 19.1. The topological polar surface area (TPSA) is 34.1 Å². The Morgan fingerprint density at radius 2 is 0.651 bits per heavy atom. The van der Waals surface area contributed by atoms with Crippen molar-refractivity contribution in [3.63, 3.8) is 0 Å². The van der Waals surface area contributed by atoms with E-state index in [4.69, 9.17) is 0 Å². The van der Waals surface area contributed by atoms with Crippen LogP contribution in [0.25, 0.3) is 0 Å². The molecule has 0 bridgehead atoms. The summed E-state index contributed by atoms with van der Waals surface area (Å²) in [6.07, 6.45) is 45.4. The molecule has 0 aromatic rings. The van der Waals surface area contributed by atoms with Crippen molar-refractivity contribution in [3.05, 3.63) is 0 Å². The van der Waals surface area contributed by atoms with Crippen molar-refractivity contribution in [3.8, 4) is 0 Å². The quantitative estimate of drug-likeness (QED) is 0.136. The number of carbonyl (C=O) groups excluding carboxylic acids is 2. The number of hydrogen-bond acceptors (Lipinski definition) is 2. The van der Waals surface area contributed by atoms with Crippen LogP contribution in [0.1, 0.15) is 278 Å². The smallest absolute Gasteiger partial charge is 0.151 e. The van der Waals surface area contributed by atoms with E-state index in [9.17, 15) is 9.59 Å². The highest BCUT2D eigenvalue weighted by molar-refractivity contribution is 5.99. The minimum atomic E-state index is -0.838. The molecule has 8 aliphatic rings. The van der Waals surface area contributed by atoms with E-state index >= 15 is 8.78 Å². The number of hydrogen-bond donors (Lipinski definition) is 0. The van der Waals surface area contributed by atoms with Gasteiger partial charge in [0.15, 0.2) is 11.6 Å². The molecular formula is C59H100F2O2. The van der Waals surface area contributed by atoms with Gasteiger partial charge in [-0.15, -0.1) is 0 Å². The lowest BCUT2D eigenvalue weighted by atomic mass is 9.41. The van der Waals surface area contributed by atoms with Crippen molar-refractivity contribution < 1.29 is 18.4 Å². The molecule has 0 aliphatic heterocycles. The molecule has 8 rings (SSSR count). The molecule has 0 saturated heterocycles. The second-order valence-corrected chi connectivity index (χ2v) is 24.7. The van der Waals surface area contributed by atoms with E-state index in [2.05, 4.69) is 27.7 Å². The third-order valence-electron chi connectivity index (χ3n) is 21.4. The summed E-state index contributed by atoms with van der Waals surface area (Å²) in [7, 11) is 0. The fraction of sp³-hybridized carbons (Fsp3) is 0.966. The van der Waals surface area contributed by atoms with Crippen molar-refractivity contribution in [1.29, 1.82) is 0 Å². The maximum Gasteiger partial charge on any atom is 0.151 e. The zero-order valence-corrected chi connectivity index (χ0v) is 41.9. The number of unbranched alkanes of at least 4 members (excludes halogenated alkanes) is 8. The number of halogens is 2. The zero-order chi connectivity index (χ0) is 44.5. The van der Waals surface area contributed by atoms with E-state index in [1.54, 1.807) is 0 Å². The second-order valence-electron chi connectivity index (χ2n) is 24.7. The zero-order valence-electron chi connectivity index (χ0n) is 41.9. The van der Waals surface area contributed by atoms with Gasteiger partial charge >= 0.3 is 0 Å². The van der Waals surface area contributed by atoms with Gasteiger partial charge in [0, 0.05) is 0 Å². The molecule has 2 atom stereocenters. The number of Topliss-reactive ketones (excluding diaryl/α,β-unsaturated/α-hetero) is 2. The number of rotatable bonds is 17. The molecule has 2 nitrogen and oxygen atoms in total. The predicted octanol–water partition coefficient (Wildman–Crippen LogP) is 18.1. The molecule has 0 aromatic carbocycles. The summed E-state index contributed by atoms with van der Waals surface area (Å²) in [5.74, 6) is 7.37. The third-order valence-corrected chi connectivity index (χ3v) is 21.4. The molecule has 0 radical (unpaired) electrons. The van der Waals surface area contributed by atoms with Gasteiger partial charge < -0.3 is 0 Å². The van der Waals surface area contributed by atoms with Crippen LogP contribution in [0.2, 0.25) is 0 Å². The van der Waals surface area contributed by atoms with Gasteiger partial charge in [0.05, 0.1) is 21.7 Å². The van der Waals surface area contributed by atoms with Gasteiger partial charge in [-0.3, -0.25) is 9.59 Å². The maximum absolute atomic E-state index is 15.8. The first-order valence-electron chi connectivity index (χ1n) is 29.0. The molecule has 362 valence electrons. The lowest BCUT2D eigenvalue weighted by molar-refractivity contribution is -0.194. The van der Waals surface area contributed by atoms with Crippen molar-refractivity contribution >= 4 is 11.6 Å². The summed E-state index contributed by atoms with van der Waals surface area (Å²) in [6, 6.07) is 0. The van der Waals surface area contributed by atoms with Crippen molar-refractivity contribution in [2.75, 3.05) is 0 Å². The second kappa shape index (κ2) is 23.0. The molecule has 8 aliphatic carbocycles. The summed E-state index contributed by atoms with van der Waals surface area (Å²) < 4.78 is 31.6. The molecule has 63 heavy (non-hydrogen) atoms. The third kappa shape index (κ3) is 10.6. The minimum absolute atomic E-state index is 0.359. The predicted molar refractivity (Wildman–Crippen MR) is 260 cm³/mol. The molecule has 0 unspecified atom stereocenters. The highest BCUT2D eigenvalue weighted by Crippen LogP contribution is 2.68. The number of ketones is 2. The summed E-state index contributed by atoms with van der Waals surface area (Å²) in [5, 5.41) is 0. The molecule has 0 amide bonds. The van der Waals surface area contributed by atoms with E-state index in [1.165, 1.54) is 148 Å². The normalized spacial score (nSPS) is 42.8. The van der Waals surface area contributed by atoms with Crippen molar-refractivity contribution in [2.24, 2.45) is 69.0 Å². The first-order valence-corrected chi connectivity index (χ1v) is 29.0. The van der Waals surface area contributed by atoms with E-state index < -0.39 is 34.0 Å². The fourth-order valence-electron chi connectivity index (χ4n) is 17.0. The van der Waals surface area contributed by atoms with Gasteiger partial charge in [0.25, 0.3) is 0 Å². The largest absolute Gasteiger partial charge is 0.298 e. The summed E-state index contributed by atoms with van der Waals surface area (Å²) in [6.45, 7) is 9.13. The molecule has 8 saturated carbocycles. The standard InChI is InChI=1S/C30H51FO.C29H49FO/c1-3-5-6-7-8-10-24-11-13-25(14-12-24)26-17-21-30(22-18-26)27(31)29(28(30)32)19-15-23(9-4-2)16-20-29;1-3-5-6-7-8-9-23-14-18-28(19-15-23)26(30)29(27(28)31)20-16-25(17-21-29)24-12-10-22(4-2)11-13-24/h23-27H,3-22H2,1-2H3;22-26H,3-21H2,1-2H3/t23-,24?,25?,26?,27-,29+,30?;22?,23?,24?,25-,26-,28-,29+/m11/s1. The molecule has 8 fully saturated rings. The van der Waals surface area contributed by atoms with E-state index in [0.29, 0.717) is 11.6 Å². The van der Waals surface area contributed by atoms with Crippen LogP contribution >= 0.6 is 0 Å². The average molecular weight is 879 g/mol.